The Morgan fingerprint density at radius 2 is 1.74 bits per heavy atom. The molecule has 1 amide bonds. The summed E-state index contributed by atoms with van der Waals surface area (Å²) >= 11 is 18.2. The summed E-state index contributed by atoms with van der Waals surface area (Å²) in [5, 5.41) is 15.4. The van der Waals surface area contributed by atoms with Crippen LogP contribution in [0.15, 0.2) is 54.6 Å². The van der Waals surface area contributed by atoms with Gasteiger partial charge in [0.25, 0.3) is 5.91 Å². The number of aliphatic carboxylic acids is 1. The maximum atomic E-state index is 12.4. The van der Waals surface area contributed by atoms with E-state index < -0.39 is 11.9 Å². The molecule has 1 aliphatic heterocycles. The number of carbonyl (C=O) groups excluding carboxylic acids is 2. The third-order valence-corrected chi connectivity index (χ3v) is 6.45. The molecule has 0 spiro atoms. The largest absolute Gasteiger partial charge is 1.00 e. The number of nitrogens with one attached hydrogen (secondary N) is 1. The standard InChI is InChI=1S/C25H20Cl3NO5.Na/c26-19-6-1-14(11-20(19)27)7-9-29-24(30)15-2-4-16(5-3-15)34-23-13-22-18(12-21(23)28)17(25(31)32)8-10-33-22;/h1-6,11-13,17H,7-10H2,(H,29,30)(H,31,32);/q;+1/p-1. The Hall–Kier alpha value is -1.93. The molecule has 1 unspecified atom stereocenters. The first kappa shape index (κ1) is 27.7. The van der Waals surface area contributed by atoms with Gasteiger partial charge in [-0.3, -0.25) is 4.79 Å². The summed E-state index contributed by atoms with van der Waals surface area (Å²) in [6.45, 7) is 0.703. The minimum atomic E-state index is -1.17. The topological polar surface area (TPSA) is 87.7 Å². The predicted octanol–water partition coefficient (Wildman–Crippen LogP) is 2.03. The van der Waals surface area contributed by atoms with Crippen molar-refractivity contribution in [1.82, 2.24) is 5.32 Å². The molecule has 3 aromatic rings. The van der Waals surface area contributed by atoms with Crippen molar-refractivity contribution in [3.8, 4) is 17.2 Å². The van der Waals surface area contributed by atoms with Gasteiger partial charge in [-0.25, -0.2) is 0 Å². The van der Waals surface area contributed by atoms with Crippen molar-refractivity contribution in [1.29, 1.82) is 0 Å². The van der Waals surface area contributed by atoms with Crippen molar-refractivity contribution < 1.29 is 53.7 Å². The van der Waals surface area contributed by atoms with Gasteiger partial charge in [0.1, 0.15) is 17.2 Å². The third-order valence-electron chi connectivity index (χ3n) is 5.42. The van der Waals surface area contributed by atoms with Crippen molar-refractivity contribution in [2.75, 3.05) is 13.2 Å². The Kier molecular flexibility index (Phi) is 9.76. The van der Waals surface area contributed by atoms with Crippen molar-refractivity contribution >= 4 is 46.7 Å². The van der Waals surface area contributed by atoms with Gasteiger partial charge >= 0.3 is 29.6 Å². The van der Waals surface area contributed by atoms with Crippen LogP contribution in [0.25, 0.3) is 0 Å². The zero-order valence-electron chi connectivity index (χ0n) is 18.8. The fourth-order valence-corrected chi connectivity index (χ4v) is 4.16. The average Bonchev–Trinajstić information content (AvgIpc) is 2.82. The third kappa shape index (κ3) is 6.85. The first-order chi connectivity index (χ1) is 16.3. The van der Waals surface area contributed by atoms with Gasteiger partial charge in [-0.2, -0.15) is 0 Å². The van der Waals surface area contributed by atoms with Crippen LogP contribution < -0.4 is 49.5 Å². The van der Waals surface area contributed by atoms with Crippen LogP contribution in [-0.4, -0.2) is 25.0 Å². The van der Waals surface area contributed by atoms with Crippen LogP contribution in [0.1, 0.15) is 33.8 Å². The Balaban J connectivity index is 0.00000342. The molecule has 1 atom stereocenters. The van der Waals surface area contributed by atoms with Crippen LogP contribution >= 0.6 is 34.8 Å². The molecular weight excluding hydrogens is 524 g/mol. The van der Waals surface area contributed by atoms with Gasteiger partial charge in [0.05, 0.1) is 21.7 Å². The summed E-state index contributed by atoms with van der Waals surface area (Å²) in [7, 11) is 0. The minimum Gasteiger partial charge on any atom is -0.549 e. The minimum absolute atomic E-state index is 0. The monoisotopic (exact) mass is 541 g/mol. The Morgan fingerprint density at radius 3 is 2.43 bits per heavy atom. The van der Waals surface area contributed by atoms with Crippen molar-refractivity contribution in [3.05, 3.63) is 86.4 Å². The zero-order chi connectivity index (χ0) is 24.2. The number of amides is 1. The van der Waals surface area contributed by atoms with Crippen molar-refractivity contribution in [2.45, 2.75) is 18.8 Å². The number of hydrogen-bond acceptors (Lipinski definition) is 5. The number of fused-ring (bicyclic) bond motifs is 1. The van der Waals surface area contributed by atoms with Crippen LogP contribution in [0.3, 0.4) is 0 Å². The normalized spacial score (nSPS) is 14.2. The second kappa shape index (κ2) is 12.3. The smallest absolute Gasteiger partial charge is 0.549 e. The van der Waals surface area contributed by atoms with E-state index in [1.165, 1.54) is 6.07 Å². The number of ether oxygens (including phenoxy) is 2. The first-order valence-electron chi connectivity index (χ1n) is 10.5. The predicted molar refractivity (Wildman–Crippen MR) is 128 cm³/mol. The molecule has 0 bridgehead atoms. The molecule has 176 valence electrons. The van der Waals surface area contributed by atoms with E-state index in [4.69, 9.17) is 44.3 Å². The first-order valence-corrected chi connectivity index (χ1v) is 11.6. The number of benzene rings is 3. The maximum absolute atomic E-state index is 12.4. The van der Waals surface area contributed by atoms with Crippen LogP contribution in [0, 0.1) is 0 Å². The molecule has 0 radical (unpaired) electrons. The molecule has 6 nitrogen and oxygen atoms in total. The van der Waals surface area contributed by atoms with Crippen LogP contribution in [0.5, 0.6) is 17.2 Å². The second-order valence-electron chi connectivity index (χ2n) is 7.71. The molecule has 0 aromatic heterocycles. The van der Waals surface area contributed by atoms with Crippen LogP contribution in [-0.2, 0) is 11.2 Å². The summed E-state index contributed by atoms with van der Waals surface area (Å²) in [4.78, 5) is 23.8. The summed E-state index contributed by atoms with van der Waals surface area (Å²) in [6.07, 6.45) is 0.935. The fourth-order valence-electron chi connectivity index (χ4n) is 3.63. The molecule has 3 aromatic carbocycles. The molecule has 10 heteroatoms. The fraction of sp³-hybridized carbons (Fsp3) is 0.200. The van der Waals surface area contributed by atoms with Crippen LogP contribution in [0.2, 0.25) is 15.1 Å². The van der Waals surface area contributed by atoms with E-state index in [9.17, 15) is 14.7 Å². The van der Waals surface area contributed by atoms with E-state index in [1.54, 1.807) is 42.5 Å². The van der Waals surface area contributed by atoms with Gasteiger partial charge in [0.15, 0.2) is 0 Å². The maximum Gasteiger partial charge on any atom is 1.00 e. The molecule has 0 aliphatic carbocycles. The number of carboxylic acid groups (broad SMARTS) is 1. The van der Waals surface area contributed by atoms with Gasteiger partial charge in [-0.05, 0) is 60.9 Å². The van der Waals surface area contributed by atoms with Gasteiger partial charge in [0, 0.05) is 35.6 Å². The van der Waals surface area contributed by atoms with E-state index in [0.29, 0.717) is 57.8 Å². The van der Waals surface area contributed by atoms with Gasteiger partial charge in [-0.15, -0.1) is 0 Å². The molecule has 35 heavy (non-hydrogen) atoms. The van der Waals surface area contributed by atoms with Crippen molar-refractivity contribution in [2.24, 2.45) is 0 Å². The Bertz CT molecular complexity index is 1240. The number of carbonyl (C=O) groups is 2. The Morgan fingerprint density at radius 1 is 1.00 bits per heavy atom. The molecule has 1 heterocycles. The number of halogens is 3. The van der Waals surface area contributed by atoms with E-state index in [-0.39, 0.29) is 47.1 Å². The van der Waals surface area contributed by atoms with Gasteiger partial charge < -0.3 is 24.7 Å². The number of hydrogen-bond donors (Lipinski definition) is 1. The summed E-state index contributed by atoms with van der Waals surface area (Å²) in [6, 6.07) is 15.0. The van der Waals surface area contributed by atoms with Gasteiger partial charge in [-0.1, -0.05) is 40.9 Å². The summed E-state index contributed by atoms with van der Waals surface area (Å²) < 4.78 is 11.4. The molecule has 0 fully saturated rings. The van der Waals surface area contributed by atoms with Gasteiger partial charge in [0.2, 0.25) is 0 Å². The van der Waals surface area contributed by atoms with E-state index >= 15 is 0 Å². The summed E-state index contributed by atoms with van der Waals surface area (Å²) in [5.41, 5.74) is 1.91. The SMILES string of the molecule is O=C(NCCc1ccc(Cl)c(Cl)c1)c1ccc(Oc2cc3c(cc2Cl)C(C(=O)[O-])CCO3)cc1.[Na+]. The quantitative estimate of drug-likeness (QED) is 0.462. The number of rotatable bonds is 7. The van der Waals surface area contributed by atoms with E-state index in [2.05, 4.69) is 5.32 Å². The summed E-state index contributed by atoms with van der Waals surface area (Å²) in [5.74, 6) is -0.984. The molecule has 4 rings (SSSR count). The number of carboxylic acids is 1. The molecule has 1 N–H and O–H groups in total. The van der Waals surface area contributed by atoms with Crippen LogP contribution in [0.4, 0.5) is 0 Å². The Labute approximate surface area is 239 Å². The zero-order valence-corrected chi connectivity index (χ0v) is 23.0. The molecule has 0 saturated carbocycles. The van der Waals surface area contributed by atoms with E-state index in [0.717, 1.165) is 5.56 Å². The van der Waals surface area contributed by atoms with Crippen molar-refractivity contribution in [3.63, 3.8) is 0 Å². The van der Waals surface area contributed by atoms with E-state index in [1.807, 2.05) is 6.07 Å². The molecule has 1 aliphatic rings. The molecule has 0 saturated heterocycles. The molecular formula is C25H19Cl3NNaO5. The average molecular weight is 543 g/mol. The second-order valence-corrected chi connectivity index (χ2v) is 8.93.